The van der Waals surface area contributed by atoms with Crippen molar-refractivity contribution in [3.05, 3.63) is 53.6 Å². The average Bonchev–Trinajstić information content (AvgIpc) is 2.33. The van der Waals surface area contributed by atoms with Gasteiger partial charge in [-0.2, -0.15) is 0 Å². The molecular formula is C13H11ClOS. The molecular weight excluding hydrogens is 240 g/mol. The van der Waals surface area contributed by atoms with E-state index in [1.54, 1.807) is 18.9 Å². The second kappa shape index (κ2) is 5.28. The maximum absolute atomic E-state index is 6.09. The van der Waals surface area contributed by atoms with E-state index in [2.05, 4.69) is 0 Å². The molecule has 2 aromatic rings. The fraction of sp³-hybridized carbons (Fsp3) is 0.0769. The van der Waals surface area contributed by atoms with Gasteiger partial charge in [0.15, 0.2) is 0 Å². The van der Waals surface area contributed by atoms with E-state index in [0.717, 1.165) is 20.6 Å². The van der Waals surface area contributed by atoms with Crippen molar-refractivity contribution in [2.75, 3.05) is 7.11 Å². The molecule has 2 aromatic carbocycles. The molecule has 0 aliphatic rings. The predicted molar refractivity (Wildman–Crippen MR) is 68.6 cm³/mol. The topological polar surface area (TPSA) is 9.23 Å². The highest BCUT2D eigenvalue weighted by Crippen LogP contribution is 2.33. The Kier molecular flexibility index (Phi) is 3.75. The quantitative estimate of drug-likeness (QED) is 0.793. The summed E-state index contributed by atoms with van der Waals surface area (Å²) in [5.74, 6) is 0.864. The van der Waals surface area contributed by atoms with E-state index in [4.69, 9.17) is 16.3 Å². The summed E-state index contributed by atoms with van der Waals surface area (Å²) in [7, 11) is 1.66. The van der Waals surface area contributed by atoms with Crippen LogP contribution < -0.4 is 4.74 Å². The first-order valence-corrected chi connectivity index (χ1v) is 6.05. The molecule has 0 radical (unpaired) electrons. The van der Waals surface area contributed by atoms with Gasteiger partial charge in [0.2, 0.25) is 0 Å². The highest BCUT2D eigenvalue weighted by atomic mass is 35.5. The van der Waals surface area contributed by atoms with Crippen LogP contribution in [0.3, 0.4) is 0 Å². The molecule has 0 unspecified atom stereocenters. The van der Waals surface area contributed by atoms with Gasteiger partial charge in [0.1, 0.15) is 5.75 Å². The second-order valence-electron chi connectivity index (χ2n) is 3.21. The minimum atomic E-state index is 0.781. The SMILES string of the molecule is COc1ccc(Sc2ccccc2Cl)cc1. The Hall–Kier alpha value is -1.12. The summed E-state index contributed by atoms with van der Waals surface area (Å²) in [5, 5.41) is 0.781. The molecule has 0 bridgehead atoms. The van der Waals surface area contributed by atoms with Crippen molar-refractivity contribution in [1.29, 1.82) is 0 Å². The molecule has 0 saturated carbocycles. The lowest BCUT2D eigenvalue weighted by molar-refractivity contribution is 0.414. The second-order valence-corrected chi connectivity index (χ2v) is 4.73. The monoisotopic (exact) mass is 250 g/mol. The first kappa shape index (κ1) is 11.4. The number of hydrogen-bond donors (Lipinski definition) is 0. The largest absolute Gasteiger partial charge is 0.497 e. The zero-order chi connectivity index (χ0) is 11.4. The van der Waals surface area contributed by atoms with E-state index in [1.165, 1.54) is 0 Å². The van der Waals surface area contributed by atoms with Crippen LogP contribution in [-0.2, 0) is 0 Å². The first-order valence-electron chi connectivity index (χ1n) is 4.86. The van der Waals surface area contributed by atoms with Gasteiger partial charge in [-0.15, -0.1) is 0 Å². The van der Waals surface area contributed by atoms with Crippen molar-refractivity contribution >= 4 is 23.4 Å². The molecule has 0 aromatic heterocycles. The van der Waals surface area contributed by atoms with Crippen LogP contribution in [0.15, 0.2) is 58.3 Å². The Morgan fingerprint density at radius 2 is 1.69 bits per heavy atom. The molecule has 0 N–H and O–H groups in total. The van der Waals surface area contributed by atoms with Crippen molar-refractivity contribution in [2.45, 2.75) is 9.79 Å². The highest BCUT2D eigenvalue weighted by Gasteiger charge is 2.01. The van der Waals surface area contributed by atoms with Crippen molar-refractivity contribution in [2.24, 2.45) is 0 Å². The number of benzene rings is 2. The lowest BCUT2D eigenvalue weighted by Crippen LogP contribution is -1.81. The molecule has 0 spiro atoms. The molecule has 3 heteroatoms. The summed E-state index contributed by atoms with van der Waals surface area (Å²) < 4.78 is 5.11. The van der Waals surface area contributed by atoms with E-state index in [1.807, 2.05) is 48.5 Å². The molecule has 0 atom stereocenters. The van der Waals surface area contributed by atoms with Gasteiger partial charge >= 0.3 is 0 Å². The summed E-state index contributed by atoms with van der Waals surface area (Å²) >= 11 is 7.73. The van der Waals surface area contributed by atoms with E-state index in [0.29, 0.717) is 0 Å². The van der Waals surface area contributed by atoms with E-state index in [-0.39, 0.29) is 0 Å². The van der Waals surface area contributed by atoms with Crippen LogP contribution >= 0.6 is 23.4 Å². The lowest BCUT2D eigenvalue weighted by Gasteiger charge is -2.04. The number of rotatable bonds is 3. The van der Waals surface area contributed by atoms with Crippen LogP contribution in [0.25, 0.3) is 0 Å². The third kappa shape index (κ3) is 2.71. The van der Waals surface area contributed by atoms with Gasteiger partial charge in [0, 0.05) is 9.79 Å². The van der Waals surface area contributed by atoms with Crippen LogP contribution in [0.5, 0.6) is 5.75 Å². The molecule has 0 amide bonds. The van der Waals surface area contributed by atoms with Gasteiger partial charge < -0.3 is 4.74 Å². The van der Waals surface area contributed by atoms with Crippen LogP contribution in [-0.4, -0.2) is 7.11 Å². The molecule has 0 fully saturated rings. The highest BCUT2D eigenvalue weighted by molar-refractivity contribution is 7.99. The van der Waals surface area contributed by atoms with Crippen LogP contribution in [0.1, 0.15) is 0 Å². The van der Waals surface area contributed by atoms with E-state index >= 15 is 0 Å². The molecule has 16 heavy (non-hydrogen) atoms. The number of hydrogen-bond acceptors (Lipinski definition) is 2. The van der Waals surface area contributed by atoms with Gasteiger partial charge in [0.25, 0.3) is 0 Å². The molecule has 0 aliphatic carbocycles. The summed E-state index contributed by atoms with van der Waals surface area (Å²) in [6.07, 6.45) is 0. The lowest BCUT2D eigenvalue weighted by atomic mass is 10.3. The molecule has 0 saturated heterocycles. The minimum Gasteiger partial charge on any atom is -0.497 e. The number of halogens is 1. The summed E-state index contributed by atoms with van der Waals surface area (Å²) in [6.45, 7) is 0. The average molecular weight is 251 g/mol. The molecule has 0 aliphatic heterocycles. The maximum Gasteiger partial charge on any atom is 0.118 e. The predicted octanol–water partition coefficient (Wildman–Crippen LogP) is 4.50. The Bertz CT molecular complexity index is 468. The van der Waals surface area contributed by atoms with Crippen molar-refractivity contribution in [1.82, 2.24) is 0 Å². The summed E-state index contributed by atoms with van der Waals surface area (Å²) in [6, 6.07) is 15.8. The molecule has 2 rings (SSSR count). The Morgan fingerprint density at radius 1 is 1.00 bits per heavy atom. The standard InChI is InChI=1S/C13H11ClOS/c1-15-10-6-8-11(9-7-10)16-13-5-3-2-4-12(13)14/h2-9H,1H3. The van der Waals surface area contributed by atoms with Crippen molar-refractivity contribution in [3.63, 3.8) is 0 Å². The fourth-order valence-electron chi connectivity index (χ4n) is 1.30. The number of methoxy groups -OCH3 is 1. The molecule has 0 heterocycles. The van der Waals surface area contributed by atoms with Gasteiger partial charge in [0.05, 0.1) is 12.1 Å². The van der Waals surface area contributed by atoms with Crippen LogP contribution in [0.4, 0.5) is 0 Å². The zero-order valence-electron chi connectivity index (χ0n) is 8.81. The van der Waals surface area contributed by atoms with Gasteiger partial charge in [-0.1, -0.05) is 35.5 Å². The van der Waals surface area contributed by atoms with Crippen LogP contribution in [0.2, 0.25) is 5.02 Å². The first-order chi connectivity index (χ1) is 7.79. The van der Waals surface area contributed by atoms with Crippen LogP contribution in [0, 0.1) is 0 Å². The Morgan fingerprint density at radius 3 is 2.31 bits per heavy atom. The number of ether oxygens (including phenoxy) is 1. The van der Waals surface area contributed by atoms with Crippen molar-refractivity contribution in [3.8, 4) is 5.75 Å². The van der Waals surface area contributed by atoms with Crippen molar-refractivity contribution < 1.29 is 4.74 Å². The van der Waals surface area contributed by atoms with E-state index < -0.39 is 0 Å². The Labute approximate surface area is 104 Å². The van der Waals surface area contributed by atoms with Gasteiger partial charge in [-0.3, -0.25) is 0 Å². The van der Waals surface area contributed by atoms with Gasteiger partial charge in [-0.05, 0) is 36.4 Å². The van der Waals surface area contributed by atoms with E-state index in [9.17, 15) is 0 Å². The third-order valence-corrected chi connectivity index (χ3v) is 3.65. The summed E-state index contributed by atoms with van der Waals surface area (Å²) in [4.78, 5) is 2.21. The Balaban J connectivity index is 2.18. The fourth-order valence-corrected chi connectivity index (χ4v) is 2.39. The molecule has 82 valence electrons. The van der Waals surface area contributed by atoms with Gasteiger partial charge in [-0.25, -0.2) is 0 Å². The zero-order valence-corrected chi connectivity index (χ0v) is 10.4. The molecule has 1 nitrogen and oxygen atoms in total. The maximum atomic E-state index is 6.09. The minimum absolute atomic E-state index is 0.781. The normalized spacial score (nSPS) is 10.1. The third-order valence-electron chi connectivity index (χ3n) is 2.12. The summed E-state index contributed by atoms with van der Waals surface area (Å²) in [5.41, 5.74) is 0. The smallest absolute Gasteiger partial charge is 0.118 e.